The third-order valence-electron chi connectivity index (χ3n) is 4.48. The fourth-order valence-corrected chi connectivity index (χ4v) is 4.60. The fourth-order valence-electron chi connectivity index (χ4n) is 3.25. The van der Waals surface area contributed by atoms with Gasteiger partial charge in [0.2, 0.25) is 0 Å². The van der Waals surface area contributed by atoms with Gasteiger partial charge in [0.25, 0.3) is 0 Å². The normalized spacial score (nSPS) is 16.8. The number of aromatic nitrogens is 3. The second kappa shape index (κ2) is 6.73. The van der Waals surface area contributed by atoms with Crippen molar-refractivity contribution in [1.29, 1.82) is 0 Å². The molecule has 3 aromatic heterocycles. The Morgan fingerprint density at radius 1 is 1.17 bits per heavy atom. The van der Waals surface area contributed by atoms with E-state index in [1.165, 1.54) is 28.7 Å². The van der Waals surface area contributed by atoms with Gasteiger partial charge in [0.15, 0.2) is 0 Å². The van der Waals surface area contributed by atoms with E-state index in [9.17, 15) is 0 Å². The number of anilines is 2. The van der Waals surface area contributed by atoms with Crippen LogP contribution in [0.25, 0.3) is 10.2 Å². The van der Waals surface area contributed by atoms with E-state index in [4.69, 9.17) is 0 Å². The molecule has 0 amide bonds. The molecule has 0 aliphatic heterocycles. The quantitative estimate of drug-likeness (QED) is 0.694. The molecule has 1 aliphatic carbocycles. The van der Waals surface area contributed by atoms with Crippen molar-refractivity contribution in [2.75, 3.05) is 23.7 Å². The van der Waals surface area contributed by atoms with Gasteiger partial charge >= 0.3 is 0 Å². The molecule has 3 heterocycles. The zero-order valence-electron chi connectivity index (χ0n) is 13.7. The average Bonchev–Trinajstić information content (AvgIpc) is 2.97. The van der Waals surface area contributed by atoms with Crippen LogP contribution in [0.4, 0.5) is 11.6 Å². The summed E-state index contributed by atoms with van der Waals surface area (Å²) < 4.78 is 0. The number of pyridine rings is 1. The summed E-state index contributed by atoms with van der Waals surface area (Å²) in [5, 5.41) is 8.02. The van der Waals surface area contributed by atoms with Crippen LogP contribution in [0.1, 0.15) is 23.8 Å². The fraction of sp³-hybridized carbons (Fsp3) is 0.389. The molecule has 0 radical (unpaired) electrons. The maximum Gasteiger partial charge on any atom is 0.138 e. The average molecular weight is 339 g/mol. The molecule has 24 heavy (non-hydrogen) atoms. The minimum absolute atomic E-state index is 0.775. The highest BCUT2D eigenvalue weighted by atomic mass is 32.1. The van der Waals surface area contributed by atoms with E-state index in [0.717, 1.165) is 41.9 Å². The van der Waals surface area contributed by atoms with Crippen molar-refractivity contribution in [3.8, 4) is 0 Å². The molecule has 3 aromatic rings. The van der Waals surface area contributed by atoms with E-state index < -0.39 is 0 Å². The van der Waals surface area contributed by atoms with Crippen LogP contribution in [0.2, 0.25) is 0 Å². The maximum atomic E-state index is 4.49. The minimum atomic E-state index is 0.775. The first kappa shape index (κ1) is 15.3. The van der Waals surface area contributed by atoms with Crippen molar-refractivity contribution >= 4 is 33.2 Å². The second-order valence-corrected chi connectivity index (χ2v) is 7.41. The van der Waals surface area contributed by atoms with Gasteiger partial charge in [0.05, 0.1) is 5.39 Å². The molecular weight excluding hydrogens is 318 g/mol. The molecule has 1 unspecified atom stereocenters. The molecule has 0 saturated heterocycles. The lowest BCUT2D eigenvalue weighted by Gasteiger charge is -2.18. The molecular formula is C18H21N5S. The Kier molecular flexibility index (Phi) is 4.30. The minimum Gasteiger partial charge on any atom is -0.368 e. The van der Waals surface area contributed by atoms with Crippen LogP contribution in [0.3, 0.4) is 0 Å². The van der Waals surface area contributed by atoms with E-state index in [1.54, 1.807) is 12.5 Å². The Morgan fingerprint density at radius 2 is 2.08 bits per heavy atom. The van der Waals surface area contributed by atoms with Crippen molar-refractivity contribution in [3.63, 3.8) is 0 Å². The Hall–Kier alpha value is -2.21. The van der Waals surface area contributed by atoms with Gasteiger partial charge in [0.1, 0.15) is 22.8 Å². The number of rotatable bonds is 5. The maximum absolute atomic E-state index is 4.49. The first-order valence-electron chi connectivity index (χ1n) is 8.45. The van der Waals surface area contributed by atoms with Crippen molar-refractivity contribution in [2.45, 2.75) is 26.2 Å². The summed E-state index contributed by atoms with van der Waals surface area (Å²) in [4.78, 5) is 15.9. The highest BCUT2D eigenvalue weighted by Crippen LogP contribution is 2.39. The largest absolute Gasteiger partial charge is 0.368 e. The summed E-state index contributed by atoms with van der Waals surface area (Å²) in [6, 6.07) is 5.87. The van der Waals surface area contributed by atoms with E-state index in [-0.39, 0.29) is 0 Å². The van der Waals surface area contributed by atoms with Gasteiger partial charge in [-0.05, 0) is 42.9 Å². The van der Waals surface area contributed by atoms with Crippen LogP contribution in [0, 0.1) is 5.92 Å². The van der Waals surface area contributed by atoms with Gasteiger partial charge in [-0.3, -0.25) is 0 Å². The number of thiophene rings is 1. The molecule has 0 fully saturated rings. The lowest BCUT2D eigenvalue weighted by Crippen LogP contribution is -2.15. The molecule has 0 bridgehead atoms. The van der Waals surface area contributed by atoms with Gasteiger partial charge in [0, 0.05) is 24.2 Å². The Balaban J connectivity index is 1.48. The highest BCUT2D eigenvalue weighted by Gasteiger charge is 2.22. The summed E-state index contributed by atoms with van der Waals surface area (Å²) in [7, 11) is 0. The summed E-state index contributed by atoms with van der Waals surface area (Å²) in [5.74, 6) is 2.64. The van der Waals surface area contributed by atoms with E-state index in [2.05, 4.69) is 32.5 Å². The summed E-state index contributed by atoms with van der Waals surface area (Å²) in [6.07, 6.45) is 7.04. The van der Waals surface area contributed by atoms with E-state index in [0.29, 0.717) is 0 Å². The molecule has 0 spiro atoms. The van der Waals surface area contributed by atoms with Crippen LogP contribution in [-0.2, 0) is 12.8 Å². The molecule has 0 saturated carbocycles. The summed E-state index contributed by atoms with van der Waals surface area (Å²) in [5.41, 5.74) is 1.47. The van der Waals surface area contributed by atoms with Crippen LogP contribution < -0.4 is 10.6 Å². The molecule has 2 N–H and O–H groups in total. The monoisotopic (exact) mass is 339 g/mol. The molecule has 6 heteroatoms. The van der Waals surface area contributed by atoms with Crippen LogP contribution >= 0.6 is 11.3 Å². The topological polar surface area (TPSA) is 62.7 Å². The van der Waals surface area contributed by atoms with Crippen LogP contribution in [0.15, 0.2) is 30.7 Å². The standard InChI is InChI=1S/C18H21N5S/c1-12-5-6-13-14(10-12)24-18-16(13)17(22-11-23-18)21-9-8-20-15-4-2-3-7-19-15/h2-4,7,11-12H,5-6,8-10H2,1H3,(H,19,20)(H,21,22,23). The Bertz CT molecular complexity index is 830. The molecule has 0 aromatic carbocycles. The molecule has 1 atom stereocenters. The van der Waals surface area contributed by atoms with Crippen molar-refractivity contribution in [2.24, 2.45) is 5.92 Å². The summed E-state index contributed by atoms with van der Waals surface area (Å²) >= 11 is 1.84. The Labute approximate surface area is 145 Å². The highest BCUT2D eigenvalue weighted by molar-refractivity contribution is 7.19. The number of aryl methyl sites for hydroxylation is 1. The summed E-state index contributed by atoms with van der Waals surface area (Å²) in [6.45, 7) is 3.93. The number of fused-ring (bicyclic) bond motifs is 3. The predicted molar refractivity (Wildman–Crippen MR) is 99.8 cm³/mol. The number of nitrogens with zero attached hydrogens (tertiary/aromatic N) is 3. The first-order chi connectivity index (χ1) is 11.8. The third-order valence-corrected chi connectivity index (χ3v) is 5.64. The van der Waals surface area contributed by atoms with Crippen LogP contribution in [0.5, 0.6) is 0 Å². The van der Waals surface area contributed by atoms with Crippen molar-refractivity contribution in [1.82, 2.24) is 15.0 Å². The van der Waals surface area contributed by atoms with Gasteiger partial charge < -0.3 is 10.6 Å². The number of hydrogen-bond acceptors (Lipinski definition) is 6. The van der Waals surface area contributed by atoms with Gasteiger partial charge in [-0.15, -0.1) is 11.3 Å². The Morgan fingerprint density at radius 3 is 2.96 bits per heavy atom. The zero-order chi connectivity index (χ0) is 16.4. The molecule has 5 nitrogen and oxygen atoms in total. The number of hydrogen-bond donors (Lipinski definition) is 2. The van der Waals surface area contributed by atoms with E-state index in [1.807, 2.05) is 29.5 Å². The lowest BCUT2D eigenvalue weighted by molar-refractivity contribution is 0.509. The third kappa shape index (κ3) is 3.06. The molecule has 4 rings (SSSR count). The zero-order valence-corrected chi connectivity index (χ0v) is 14.6. The lowest BCUT2D eigenvalue weighted by atomic mass is 9.89. The number of nitrogens with one attached hydrogen (secondary N) is 2. The van der Waals surface area contributed by atoms with Gasteiger partial charge in [-0.1, -0.05) is 13.0 Å². The van der Waals surface area contributed by atoms with E-state index >= 15 is 0 Å². The predicted octanol–water partition coefficient (Wildman–Crippen LogP) is 3.74. The molecule has 124 valence electrons. The van der Waals surface area contributed by atoms with Gasteiger partial charge in [-0.2, -0.15) is 0 Å². The smallest absolute Gasteiger partial charge is 0.138 e. The van der Waals surface area contributed by atoms with Crippen molar-refractivity contribution < 1.29 is 0 Å². The van der Waals surface area contributed by atoms with Gasteiger partial charge in [-0.25, -0.2) is 15.0 Å². The molecule has 1 aliphatic rings. The van der Waals surface area contributed by atoms with Crippen molar-refractivity contribution in [3.05, 3.63) is 41.2 Å². The second-order valence-electron chi connectivity index (χ2n) is 6.32. The SMILES string of the molecule is CC1CCc2c(sc3ncnc(NCCNc4ccccn4)c23)C1. The van der Waals surface area contributed by atoms with Crippen LogP contribution in [-0.4, -0.2) is 28.0 Å². The first-order valence-corrected chi connectivity index (χ1v) is 9.27.